The molecule has 1 heterocycles. The average molecular weight is 277 g/mol. The number of furan rings is 1. The number of β-amino-alcohol motifs (C(OH)–C–C–N with tert-alkyl or cyclic N) is 1. The van der Waals surface area contributed by atoms with Crippen LogP contribution >= 0.6 is 0 Å². The molecule has 0 aliphatic carbocycles. The predicted molar refractivity (Wildman–Crippen MR) is 79.6 cm³/mol. The van der Waals surface area contributed by atoms with Crippen molar-refractivity contribution in [2.75, 3.05) is 6.54 Å². The molecule has 2 atom stereocenters. The third kappa shape index (κ3) is 3.20. The molecule has 4 nitrogen and oxygen atoms in total. The molecule has 2 aromatic rings. The van der Waals surface area contributed by atoms with E-state index < -0.39 is 12.2 Å². The van der Waals surface area contributed by atoms with Crippen molar-refractivity contribution in [2.24, 2.45) is 0 Å². The Labute approximate surface area is 119 Å². The molecule has 3 N–H and O–H groups in total. The van der Waals surface area contributed by atoms with E-state index in [2.05, 4.69) is 5.32 Å². The molecule has 0 spiro atoms. The maximum atomic E-state index is 10.3. The first-order chi connectivity index (χ1) is 9.29. The third-order valence-corrected chi connectivity index (χ3v) is 3.27. The Kier molecular flexibility index (Phi) is 4.18. The summed E-state index contributed by atoms with van der Waals surface area (Å²) in [5, 5.41) is 25.2. The van der Waals surface area contributed by atoms with E-state index in [0.717, 1.165) is 16.3 Å². The normalized spacial score (nSPS) is 15.5. The van der Waals surface area contributed by atoms with Crippen molar-refractivity contribution in [3.8, 4) is 0 Å². The summed E-state index contributed by atoms with van der Waals surface area (Å²) in [6, 6.07) is 5.65. The number of aliphatic hydroxyl groups is 2. The van der Waals surface area contributed by atoms with Crippen LogP contribution in [-0.2, 0) is 0 Å². The van der Waals surface area contributed by atoms with E-state index >= 15 is 0 Å². The summed E-state index contributed by atoms with van der Waals surface area (Å²) in [6.07, 6.45) is 0.279. The van der Waals surface area contributed by atoms with Crippen LogP contribution in [0, 0.1) is 0 Å². The number of fused-ring (bicyclic) bond motifs is 1. The van der Waals surface area contributed by atoms with Gasteiger partial charge in [-0.2, -0.15) is 0 Å². The maximum Gasteiger partial charge on any atom is 0.141 e. The second kappa shape index (κ2) is 5.56. The van der Waals surface area contributed by atoms with Crippen molar-refractivity contribution in [2.45, 2.75) is 45.4 Å². The Bertz CT molecular complexity index is 581. The molecule has 0 amide bonds. The van der Waals surface area contributed by atoms with Crippen LogP contribution in [-0.4, -0.2) is 22.3 Å². The number of benzene rings is 1. The molecule has 0 bridgehead atoms. The second-order valence-corrected chi connectivity index (χ2v) is 6.23. The van der Waals surface area contributed by atoms with E-state index in [1.807, 2.05) is 39.0 Å². The molecule has 1 aromatic carbocycles. The lowest BCUT2D eigenvalue weighted by Gasteiger charge is -2.22. The van der Waals surface area contributed by atoms with Gasteiger partial charge in [-0.05, 0) is 33.3 Å². The summed E-state index contributed by atoms with van der Waals surface area (Å²) >= 11 is 0. The van der Waals surface area contributed by atoms with Crippen molar-refractivity contribution in [1.82, 2.24) is 5.32 Å². The minimum absolute atomic E-state index is 0.0729. The van der Waals surface area contributed by atoms with Crippen LogP contribution in [0.2, 0.25) is 0 Å². The fourth-order valence-corrected chi connectivity index (χ4v) is 2.25. The van der Waals surface area contributed by atoms with E-state index in [0.29, 0.717) is 12.3 Å². The molecule has 2 unspecified atom stereocenters. The fraction of sp³-hybridized carbons (Fsp3) is 0.500. The van der Waals surface area contributed by atoms with Gasteiger partial charge >= 0.3 is 0 Å². The zero-order valence-corrected chi connectivity index (χ0v) is 12.5. The number of hydrogen-bond donors (Lipinski definition) is 3. The quantitative estimate of drug-likeness (QED) is 0.804. The summed E-state index contributed by atoms with van der Waals surface area (Å²) in [4.78, 5) is 0. The van der Waals surface area contributed by atoms with Crippen molar-refractivity contribution >= 4 is 10.8 Å². The van der Waals surface area contributed by atoms with Gasteiger partial charge in [0.1, 0.15) is 11.9 Å². The van der Waals surface area contributed by atoms with Gasteiger partial charge in [0, 0.05) is 22.9 Å². The molecule has 0 fully saturated rings. The lowest BCUT2D eigenvalue weighted by Crippen LogP contribution is -2.38. The first-order valence-corrected chi connectivity index (χ1v) is 6.91. The molecule has 20 heavy (non-hydrogen) atoms. The first kappa shape index (κ1) is 15.0. The van der Waals surface area contributed by atoms with Crippen LogP contribution in [0.15, 0.2) is 28.9 Å². The lowest BCUT2D eigenvalue weighted by atomic mass is 10.0. The third-order valence-electron chi connectivity index (χ3n) is 3.27. The van der Waals surface area contributed by atoms with Crippen molar-refractivity contribution in [1.29, 1.82) is 0 Å². The van der Waals surface area contributed by atoms with Crippen molar-refractivity contribution in [3.05, 3.63) is 35.8 Å². The standard InChI is InChI=1S/C16H23NO3/c1-10(18)12-7-5-6-11-9-20-15(14(11)12)13(19)8-17-16(2,3)4/h5-7,9-10,13,17-19H,8H2,1-4H3. The molecule has 110 valence electrons. The molecule has 1 aromatic heterocycles. The molecular weight excluding hydrogens is 254 g/mol. The largest absolute Gasteiger partial charge is 0.465 e. The number of nitrogens with one attached hydrogen (secondary N) is 1. The fourth-order valence-electron chi connectivity index (χ4n) is 2.25. The van der Waals surface area contributed by atoms with Gasteiger partial charge in [-0.15, -0.1) is 0 Å². The molecular formula is C16H23NO3. The molecule has 0 aliphatic rings. The average Bonchev–Trinajstić information content (AvgIpc) is 2.78. The van der Waals surface area contributed by atoms with Crippen molar-refractivity contribution in [3.63, 3.8) is 0 Å². The van der Waals surface area contributed by atoms with E-state index in [4.69, 9.17) is 4.42 Å². The van der Waals surface area contributed by atoms with E-state index in [-0.39, 0.29) is 5.54 Å². The molecule has 0 radical (unpaired) electrons. The van der Waals surface area contributed by atoms with Gasteiger partial charge in [0.2, 0.25) is 0 Å². The van der Waals surface area contributed by atoms with Crippen LogP contribution in [0.4, 0.5) is 0 Å². The topological polar surface area (TPSA) is 65.6 Å². The molecule has 0 aliphatic heterocycles. The molecule has 0 saturated carbocycles. The monoisotopic (exact) mass is 277 g/mol. The van der Waals surface area contributed by atoms with E-state index in [1.54, 1.807) is 13.2 Å². The Morgan fingerprint density at radius 1 is 1.25 bits per heavy atom. The summed E-state index contributed by atoms with van der Waals surface area (Å²) in [6.45, 7) is 8.25. The maximum absolute atomic E-state index is 10.3. The van der Waals surface area contributed by atoms with Crippen LogP contribution in [0.1, 0.15) is 51.2 Å². The zero-order valence-electron chi connectivity index (χ0n) is 12.5. The molecule has 2 rings (SSSR count). The lowest BCUT2D eigenvalue weighted by molar-refractivity contribution is 0.139. The molecule has 4 heteroatoms. The molecule has 0 saturated heterocycles. The minimum Gasteiger partial charge on any atom is -0.465 e. The van der Waals surface area contributed by atoms with Gasteiger partial charge in [0.25, 0.3) is 0 Å². The summed E-state index contributed by atoms with van der Waals surface area (Å²) < 4.78 is 5.53. The smallest absolute Gasteiger partial charge is 0.141 e. The Morgan fingerprint density at radius 2 is 1.95 bits per heavy atom. The summed E-state index contributed by atoms with van der Waals surface area (Å²) in [5.41, 5.74) is 0.706. The predicted octanol–water partition coefficient (Wildman–Crippen LogP) is 2.91. The number of rotatable bonds is 4. The van der Waals surface area contributed by atoms with Gasteiger partial charge in [0.15, 0.2) is 0 Å². The Balaban J connectivity index is 2.34. The summed E-state index contributed by atoms with van der Waals surface area (Å²) in [5.74, 6) is 0.508. The van der Waals surface area contributed by atoms with Crippen LogP contribution < -0.4 is 5.32 Å². The van der Waals surface area contributed by atoms with Gasteiger partial charge in [-0.3, -0.25) is 0 Å². The SMILES string of the molecule is CC(O)c1cccc2coc(C(O)CNC(C)(C)C)c12. The number of aliphatic hydroxyl groups excluding tert-OH is 2. The Morgan fingerprint density at radius 3 is 2.55 bits per heavy atom. The highest BCUT2D eigenvalue weighted by Gasteiger charge is 2.21. The Hall–Kier alpha value is -1.36. The highest BCUT2D eigenvalue weighted by atomic mass is 16.4. The van der Waals surface area contributed by atoms with Crippen molar-refractivity contribution < 1.29 is 14.6 Å². The van der Waals surface area contributed by atoms with Gasteiger partial charge < -0.3 is 19.9 Å². The van der Waals surface area contributed by atoms with Gasteiger partial charge in [-0.25, -0.2) is 0 Å². The van der Waals surface area contributed by atoms with Crippen LogP contribution in [0.5, 0.6) is 0 Å². The highest BCUT2D eigenvalue weighted by Crippen LogP contribution is 2.32. The minimum atomic E-state index is -0.744. The van der Waals surface area contributed by atoms with E-state index in [1.165, 1.54) is 0 Å². The highest BCUT2D eigenvalue weighted by molar-refractivity contribution is 5.88. The summed E-state index contributed by atoms with van der Waals surface area (Å²) in [7, 11) is 0. The van der Waals surface area contributed by atoms with Gasteiger partial charge in [0.05, 0.1) is 12.4 Å². The zero-order chi connectivity index (χ0) is 14.9. The van der Waals surface area contributed by atoms with Crippen LogP contribution in [0.3, 0.4) is 0 Å². The number of hydrogen-bond acceptors (Lipinski definition) is 4. The second-order valence-electron chi connectivity index (χ2n) is 6.23. The van der Waals surface area contributed by atoms with E-state index in [9.17, 15) is 10.2 Å². The van der Waals surface area contributed by atoms with Crippen LogP contribution in [0.25, 0.3) is 10.8 Å². The first-order valence-electron chi connectivity index (χ1n) is 6.91. The van der Waals surface area contributed by atoms with Gasteiger partial charge in [-0.1, -0.05) is 18.2 Å².